The molecule has 1 unspecified atom stereocenters. The molecule has 0 aromatic rings. The number of halogens is 4. The minimum atomic E-state index is -4.30. The lowest BCUT2D eigenvalue weighted by Gasteiger charge is -2.27. The molecule has 0 fully saturated rings. The fourth-order valence-electron chi connectivity index (χ4n) is 1.09. The van der Waals surface area contributed by atoms with Crippen molar-refractivity contribution in [3.8, 4) is 0 Å². The van der Waals surface area contributed by atoms with Crippen LogP contribution in [-0.4, -0.2) is 34.2 Å². The average Bonchev–Trinajstić information content (AvgIpc) is 2.31. The van der Waals surface area contributed by atoms with Gasteiger partial charge in [0.1, 0.15) is 6.34 Å². The van der Waals surface area contributed by atoms with E-state index in [2.05, 4.69) is 21.2 Å². The molecule has 1 aliphatic heterocycles. The third-order valence-electron chi connectivity index (χ3n) is 1.57. The Kier molecular flexibility index (Phi) is 3.05. The SMILES string of the molecule is CCCN1N=CN(Br)C1C(F)(F)F. The van der Waals surface area contributed by atoms with Crippen LogP contribution in [0.15, 0.2) is 5.10 Å². The molecular formula is C6H9BrF3N3. The van der Waals surface area contributed by atoms with Gasteiger partial charge >= 0.3 is 6.18 Å². The Hall–Kier alpha value is -0.460. The molecule has 13 heavy (non-hydrogen) atoms. The quantitative estimate of drug-likeness (QED) is 0.708. The van der Waals surface area contributed by atoms with Crippen molar-refractivity contribution in [3.63, 3.8) is 0 Å². The molecule has 1 aliphatic rings. The van der Waals surface area contributed by atoms with Crippen LogP contribution in [0.1, 0.15) is 13.3 Å². The second kappa shape index (κ2) is 3.73. The van der Waals surface area contributed by atoms with Gasteiger partial charge in [0.25, 0.3) is 0 Å². The molecule has 3 nitrogen and oxygen atoms in total. The molecule has 0 amide bonds. The zero-order chi connectivity index (χ0) is 10.1. The predicted molar refractivity (Wildman–Crippen MR) is 46.1 cm³/mol. The molecule has 0 bridgehead atoms. The summed E-state index contributed by atoms with van der Waals surface area (Å²) >= 11 is 2.77. The molecule has 0 saturated heterocycles. The molecule has 0 aromatic heterocycles. The number of nitrogens with zero attached hydrogens (tertiary/aromatic N) is 3. The summed E-state index contributed by atoms with van der Waals surface area (Å²) in [7, 11) is 0. The zero-order valence-electron chi connectivity index (χ0n) is 6.92. The molecule has 0 N–H and O–H groups in total. The highest BCUT2D eigenvalue weighted by atomic mass is 79.9. The first kappa shape index (κ1) is 10.6. The van der Waals surface area contributed by atoms with E-state index in [0.29, 0.717) is 13.0 Å². The van der Waals surface area contributed by atoms with E-state index in [4.69, 9.17) is 0 Å². The fraction of sp³-hybridized carbons (Fsp3) is 0.833. The van der Waals surface area contributed by atoms with Gasteiger partial charge in [0.2, 0.25) is 6.17 Å². The Morgan fingerprint density at radius 2 is 2.15 bits per heavy atom. The summed E-state index contributed by atoms with van der Waals surface area (Å²) in [5.41, 5.74) is 0. The molecular weight excluding hydrogens is 251 g/mol. The maximum Gasteiger partial charge on any atom is 0.429 e. The summed E-state index contributed by atoms with van der Waals surface area (Å²) < 4.78 is 38.1. The molecule has 0 saturated carbocycles. The topological polar surface area (TPSA) is 18.8 Å². The maximum atomic E-state index is 12.4. The second-order valence-corrected chi connectivity index (χ2v) is 3.47. The number of alkyl halides is 3. The van der Waals surface area contributed by atoms with E-state index < -0.39 is 12.3 Å². The van der Waals surface area contributed by atoms with Crippen LogP contribution in [-0.2, 0) is 0 Å². The van der Waals surface area contributed by atoms with Gasteiger partial charge in [0, 0.05) is 6.54 Å². The molecule has 7 heteroatoms. The maximum absolute atomic E-state index is 12.4. The van der Waals surface area contributed by atoms with Gasteiger partial charge in [-0.2, -0.15) is 18.3 Å². The first-order chi connectivity index (χ1) is 5.96. The van der Waals surface area contributed by atoms with Gasteiger partial charge in [-0.15, -0.1) is 0 Å². The van der Waals surface area contributed by atoms with Crippen molar-refractivity contribution in [1.29, 1.82) is 0 Å². The number of hydrogen-bond donors (Lipinski definition) is 0. The highest BCUT2D eigenvalue weighted by Crippen LogP contribution is 2.31. The highest BCUT2D eigenvalue weighted by molar-refractivity contribution is 9.07. The van der Waals surface area contributed by atoms with Crippen LogP contribution < -0.4 is 0 Å². The van der Waals surface area contributed by atoms with E-state index >= 15 is 0 Å². The Morgan fingerprint density at radius 1 is 1.54 bits per heavy atom. The summed E-state index contributed by atoms with van der Waals surface area (Å²) in [6, 6.07) is 0. The lowest BCUT2D eigenvalue weighted by molar-refractivity contribution is -0.195. The van der Waals surface area contributed by atoms with Crippen LogP contribution in [0.4, 0.5) is 13.2 Å². The van der Waals surface area contributed by atoms with Gasteiger partial charge in [-0.3, -0.25) is 8.93 Å². The van der Waals surface area contributed by atoms with E-state index in [1.165, 1.54) is 0 Å². The van der Waals surface area contributed by atoms with E-state index in [-0.39, 0.29) is 0 Å². The van der Waals surface area contributed by atoms with Crippen LogP contribution in [0.5, 0.6) is 0 Å². The highest BCUT2D eigenvalue weighted by Gasteiger charge is 2.48. The van der Waals surface area contributed by atoms with Crippen molar-refractivity contribution in [2.75, 3.05) is 6.54 Å². The van der Waals surface area contributed by atoms with Gasteiger partial charge in [-0.1, -0.05) is 6.92 Å². The Balaban J connectivity index is 2.70. The standard InChI is InChI=1S/C6H9BrF3N3/c1-2-3-13-5(6(8,9)10)12(7)4-11-13/h4-5H,2-3H2,1H3. The lowest BCUT2D eigenvalue weighted by atomic mass is 10.4. The minimum Gasteiger partial charge on any atom is -0.265 e. The van der Waals surface area contributed by atoms with Gasteiger partial charge in [0.05, 0.1) is 16.1 Å². The minimum absolute atomic E-state index is 0.294. The van der Waals surface area contributed by atoms with Crippen LogP contribution in [0.3, 0.4) is 0 Å². The monoisotopic (exact) mass is 259 g/mol. The van der Waals surface area contributed by atoms with Crippen molar-refractivity contribution in [3.05, 3.63) is 0 Å². The summed E-state index contributed by atoms with van der Waals surface area (Å²) in [6.07, 6.45) is -4.22. The molecule has 0 spiro atoms. The van der Waals surface area contributed by atoms with E-state index in [1.54, 1.807) is 6.92 Å². The van der Waals surface area contributed by atoms with Crippen molar-refractivity contribution < 1.29 is 13.2 Å². The van der Waals surface area contributed by atoms with Crippen molar-refractivity contribution in [2.24, 2.45) is 5.10 Å². The van der Waals surface area contributed by atoms with E-state index in [1.807, 2.05) is 0 Å². The first-order valence-corrected chi connectivity index (χ1v) is 4.49. The fourth-order valence-corrected chi connectivity index (χ4v) is 1.61. The van der Waals surface area contributed by atoms with Crippen LogP contribution in [0.25, 0.3) is 0 Å². The third kappa shape index (κ3) is 2.26. The first-order valence-electron chi connectivity index (χ1n) is 3.78. The second-order valence-electron chi connectivity index (χ2n) is 2.65. The molecule has 0 radical (unpaired) electrons. The predicted octanol–water partition coefficient (Wildman–Crippen LogP) is 2.16. The summed E-state index contributed by atoms with van der Waals surface area (Å²) in [6.45, 7) is 2.10. The van der Waals surface area contributed by atoms with Gasteiger partial charge in [-0.25, -0.2) is 0 Å². The number of hydrogen-bond acceptors (Lipinski definition) is 3. The van der Waals surface area contributed by atoms with Crippen LogP contribution in [0.2, 0.25) is 0 Å². The molecule has 76 valence electrons. The van der Waals surface area contributed by atoms with Crippen molar-refractivity contribution >= 4 is 22.5 Å². The van der Waals surface area contributed by atoms with E-state index in [9.17, 15) is 13.2 Å². The Bertz CT molecular complexity index is 206. The van der Waals surface area contributed by atoms with E-state index in [0.717, 1.165) is 15.3 Å². The normalized spacial score (nSPS) is 23.0. The number of hydrazone groups is 1. The summed E-state index contributed by atoms with van der Waals surface area (Å²) in [5.74, 6) is 0. The molecule has 1 rings (SSSR count). The Labute approximate surface area is 82.5 Å². The summed E-state index contributed by atoms with van der Waals surface area (Å²) in [5, 5.41) is 4.63. The lowest BCUT2D eigenvalue weighted by Crippen LogP contribution is -2.46. The molecule has 0 aromatic carbocycles. The Morgan fingerprint density at radius 3 is 2.62 bits per heavy atom. The van der Waals surface area contributed by atoms with Crippen LogP contribution in [0, 0.1) is 0 Å². The zero-order valence-corrected chi connectivity index (χ0v) is 8.51. The van der Waals surface area contributed by atoms with Crippen LogP contribution >= 0.6 is 16.1 Å². The van der Waals surface area contributed by atoms with Gasteiger partial charge < -0.3 is 0 Å². The van der Waals surface area contributed by atoms with Gasteiger partial charge in [0.15, 0.2) is 0 Å². The van der Waals surface area contributed by atoms with Crippen molar-refractivity contribution in [2.45, 2.75) is 25.7 Å². The summed E-state index contributed by atoms with van der Waals surface area (Å²) in [4.78, 5) is 0. The molecule has 0 aliphatic carbocycles. The largest absolute Gasteiger partial charge is 0.429 e. The molecule has 1 heterocycles. The molecule has 1 atom stereocenters. The average molecular weight is 260 g/mol. The van der Waals surface area contributed by atoms with Gasteiger partial charge in [-0.05, 0) is 6.42 Å². The third-order valence-corrected chi connectivity index (χ3v) is 2.14. The number of rotatable bonds is 2. The smallest absolute Gasteiger partial charge is 0.265 e. The van der Waals surface area contributed by atoms with Crippen molar-refractivity contribution in [1.82, 2.24) is 8.93 Å².